The second-order valence-electron chi connectivity index (χ2n) is 4.63. The van der Waals surface area contributed by atoms with Gasteiger partial charge in [0.1, 0.15) is 5.82 Å². The summed E-state index contributed by atoms with van der Waals surface area (Å²) in [5.74, 6) is 0.261. The maximum absolute atomic E-state index is 12.7. The Morgan fingerprint density at radius 2 is 2.12 bits per heavy atom. The Hall–Kier alpha value is -1.58. The average Bonchev–Trinajstić information content (AvgIpc) is 2.32. The van der Waals surface area contributed by atoms with Crippen LogP contribution >= 0.6 is 0 Å². The van der Waals surface area contributed by atoms with Gasteiger partial charge in [-0.1, -0.05) is 6.92 Å². The second kappa shape index (κ2) is 5.17. The minimum Gasteiger partial charge on any atom is -0.324 e. The molecule has 1 heterocycles. The minimum absolute atomic E-state index is 0.0943. The first kappa shape index (κ1) is 11.9. The first-order valence-corrected chi connectivity index (χ1v) is 5.96. The highest BCUT2D eigenvalue weighted by molar-refractivity contribution is 5.89. The number of piperidine rings is 1. The quantitative estimate of drug-likeness (QED) is 0.798. The molecule has 1 atom stereocenters. The van der Waals surface area contributed by atoms with Crippen molar-refractivity contribution in [2.24, 2.45) is 5.92 Å². The van der Waals surface area contributed by atoms with Gasteiger partial charge in [-0.2, -0.15) is 0 Å². The Morgan fingerprint density at radius 1 is 1.41 bits per heavy atom. The zero-order valence-corrected chi connectivity index (χ0v) is 9.95. The van der Waals surface area contributed by atoms with Crippen LogP contribution in [0, 0.1) is 11.7 Å². The number of halogens is 1. The van der Waals surface area contributed by atoms with Crippen molar-refractivity contribution < 1.29 is 9.18 Å². The highest BCUT2D eigenvalue weighted by Gasteiger charge is 2.20. The summed E-state index contributed by atoms with van der Waals surface area (Å²) < 4.78 is 12.7. The van der Waals surface area contributed by atoms with Gasteiger partial charge < -0.3 is 10.2 Å². The summed E-state index contributed by atoms with van der Waals surface area (Å²) >= 11 is 0. The van der Waals surface area contributed by atoms with Crippen molar-refractivity contribution in [2.45, 2.75) is 19.8 Å². The molecule has 4 heteroatoms. The number of likely N-dealkylation sites (tertiary alicyclic amines) is 1. The molecule has 1 saturated heterocycles. The van der Waals surface area contributed by atoms with Gasteiger partial charge in [0.05, 0.1) is 0 Å². The predicted octanol–water partition coefficient (Wildman–Crippen LogP) is 3.09. The van der Waals surface area contributed by atoms with E-state index in [1.54, 1.807) is 12.1 Å². The normalized spacial score (nSPS) is 20.1. The van der Waals surface area contributed by atoms with Crippen molar-refractivity contribution in [3.8, 4) is 0 Å². The van der Waals surface area contributed by atoms with Gasteiger partial charge in [0, 0.05) is 18.8 Å². The van der Waals surface area contributed by atoms with Gasteiger partial charge in [-0.25, -0.2) is 9.18 Å². The first-order valence-electron chi connectivity index (χ1n) is 5.96. The van der Waals surface area contributed by atoms with Gasteiger partial charge in [0.15, 0.2) is 0 Å². The third kappa shape index (κ3) is 3.19. The Bertz CT molecular complexity index is 391. The van der Waals surface area contributed by atoms with Crippen molar-refractivity contribution >= 4 is 11.7 Å². The van der Waals surface area contributed by atoms with Crippen LogP contribution < -0.4 is 5.32 Å². The Kier molecular flexibility index (Phi) is 3.61. The van der Waals surface area contributed by atoms with E-state index in [-0.39, 0.29) is 11.8 Å². The van der Waals surface area contributed by atoms with Gasteiger partial charge in [0.2, 0.25) is 0 Å². The van der Waals surface area contributed by atoms with Crippen molar-refractivity contribution in [3.05, 3.63) is 30.1 Å². The van der Waals surface area contributed by atoms with E-state index >= 15 is 0 Å². The lowest BCUT2D eigenvalue weighted by Gasteiger charge is -2.30. The number of nitrogens with one attached hydrogen (secondary N) is 1. The molecular weight excluding hydrogens is 219 g/mol. The maximum atomic E-state index is 12.7. The van der Waals surface area contributed by atoms with Crippen molar-refractivity contribution in [3.63, 3.8) is 0 Å². The van der Waals surface area contributed by atoms with Crippen LogP contribution in [0.4, 0.5) is 14.9 Å². The van der Waals surface area contributed by atoms with Crippen LogP contribution in [0.5, 0.6) is 0 Å². The molecule has 0 radical (unpaired) electrons. The minimum atomic E-state index is -0.297. The number of nitrogens with zero attached hydrogens (tertiary/aromatic N) is 1. The largest absolute Gasteiger partial charge is 0.324 e. The predicted molar refractivity (Wildman–Crippen MR) is 65.4 cm³/mol. The van der Waals surface area contributed by atoms with Gasteiger partial charge in [-0.05, 0) is 43.0 Å². The highest BCUT2D eigenvalue weighted by Crippen LogP contribution is 2.17. The molecule has 0 saturated carbocycles. The van der Waals surface area contributed by atoms with E-state index in [1.165, 1.54) is 18.6 Å². The number of rotatable bonds is 1. The number of urea groups is 1. The van der Waals surface area contributed by atoms with Crippen LogP contribution in [-0.2, 0) is 0 Å². The van der Waals surface area contributed by atoms with Crippen LogP contribution in [0.25, 0.3) is 0 Å². The van der Waals surface area contributed by atoms with Crippen molar-refractivity contribution in [2.75, 3.05) is 18.4 Å². The van der Waals surface area contributed by atoms with Crippen LogP contribution in [0.1, 0.15) is 19.8 Å². The summed E-state index contributed by atoms with van der Waals surface area (Å²) in [7, 11) is 0. The lowest BCUT2D eigenvalue weighted by Crippen LogP contribution is -2.41. The number of hydrogen-bond acceptors (Lipinski definition) is 1. The third-order valence-corrected chi connectivity index (χ3v) is 3.04. The first-order chi connectivity index (χ1) is 8.15. The molecule has 1 N–H and O–H groups in total. The number of carbonyl (C=O) groups excluding carboxylic acids is 1. The third-order valence-electron chi connectivity index (χ3n) is 3.04. The molecular formula is C13H17FN2O. The SMILES string of the molecule is C[C@H]1CCCN(C(=O)Nc2ccc(F)cc2)C1. The molecule has 92 valence electrons. The summed E-state index contributed by atoms with van der Waals surface area (Å²) in [5, 5.41) is 2.78. The van der Waals surface area contributed by atoms with E-state index in [0.29, 0.717) is 11.6 Å². The Morgan fingerprint density at radius 3 is 2.76 bits per heavy atom. The lowest BCUT2D eigenvalue weighted by atomic mass is 10.0. The maximum Gasteiger partial charge on any atom is 0.321 e. The number of benzene rings is 1. The van der Waals surface area contributed by atoms with Crippen molar-refractivity contribution in [1.29, 1.82) is 0 Å². The summed E-state index contributed by atoms with van der Waals surface area (Å²) in [6.45, 7) is 3.75. The fraction of sp³-hybridized carbons (Fsp3) is 0.462. The fourth-order valence-electron chi connectivity index (χ4n) is 2.11. The molecule has 0 aliphatic carbocycles. The molecule has 2 rings (SSSR count). The van der Waals surface area contributed by atoms with Crippen LogP contribution in [0.3, 0.4) is 0 Å². The molecule has 0 aromatic heterocycles. The molecule has 17 heavy (non-hydrogen) atoms. The van der Waals surface area contributed by atoms with Crippen LogP contribution in [0.2, 0.25) is 0 Å². The second-order valence-corrected chi connectivity index (χ2v) is 4.63. The van der Waals surface area contributed by atoms with E-state index in [1.807, 2.05) is 4.90 Å². The summed E-state index contributed by atoms with van der Waals surface area (Å²) in [4.78, 5) is 13.7. The van der Waals surface area contributed by atoms with Gasteiger partial charge in [-0.15, -0.1) is 0 Å². The standard InChI is InChI=1S/C13H17FN2O/c1-10-3-2-8-16(9-10)13(17)15-12-6-4-11(14)5-7-12/h4-7,10H,2-3,8-9H2,1H3,(H,15,17)/t10-/m0/s1. The number of carbonyl (C=O) groups is 1. The highest BCUT2D eigenvalue weighted by atomic mass is 19.1. The van der Waals surface area contributed by atoms with Crippen LogP contribution in [0.15, 0.2) is 24.3 Å². The molecule has 1 aliphatic rings. The molecule has 0 unspecified atom stereocenters. The molecule has 0 bridgehead atoms. The smallest absolute Gasteiger partial charge is 0.321 e. The number of hydrogen-bond donors (Lipinski definition) is 1. The zero-order valence-electron chi connectivity index (χ0n) is 9.95. The fourth-order valence-corrected chi connectivity index (χ4v) is 2.11. The van der Waals surface area contributed by atoms with E-state index in [4.69, 9.17) is 0 Å². The summed E-state index contributed by atoms with van der Waals surface area (Å²) in [5.41, 5.74) is 0.634. The molecule has 3 nitrogen and oxygen atoms in total. The van der Waals surface area contributed by atoms with Gasteiger partial charge in [0.25, 0.3) is 0 Å². The Balaban J connectivity index is 1.94. The molecule has 1 aliphatic heterocycles. The van der Waals surface area contributed by atoms with Gasteiger partial charge in [-0.3, -0.25) is 0 Å². The molecule has 1 fully saturated rings. The molecule has 2 amide bonds. The van der Waals surface area contributed by atoms with E-state index in [9.17, 15) is 9.18 Å². The monoisotopic (exact) mass is 236 g/mol. The van der Waals surface area contributed by atoms with Crippen molar-refractivity contribution in [1.82, 2.24) is 4.90 Å². The van der Waals surface area contributed by atoms with E-state index < -0.39 is 0 Å². The molecule has 0 spiro atoms. The summed E-state index contributed by atoms with van der Waals surface area (Å²) in [6, 6.07) is 5.73. The number of anilines is 1. The lowest BCUT2D eigenvalue weighted by molar-refractivity contribution is 0.182. The topological polar surface area (TPSA) is 32.3 Å². The molecule has 1 aromatic rings. The summed E-state index contributed by atoms with van der Waals surface area (Å²) in [6.07, 6.45) is 2.23. The molecule has 1 aromatic carbocycles. The Labute approximate surface area is 101 Å². The van der Waals surface area contributed by atoms with E-state index in [2.05, 4.69) is 12.2 Å². The number of amides is 2. The average molecular weight is 236 g/mol. The van der Waals surface area contributed by atoms with E-state index in [0.717, 1.165) is 19.5 Å². The van der Waals surface area contributed by atoms with Gasteiger partial charge >= 0.3 is 6.03 Å². The van der Waals surface area contributed by atoms with Crippen LogP contribution in [-0.4, -0.2) is 24.0 Å². The zero-order chi connectivity index (χ0) is 12.3.